The lowest BCUT2D eigenvalue weighted by molar-refractivity contribution is -0.140. The third kappa shape index (κ3) is 5.72. The number of ether oxygens (including phenoxy) is 2. The van der Waals surface area contributed by atoms with E-state index in [0.717, 1.165) is 0 Å². The minimum Gasteiger partial charge on any atom is -0.453 e. The molecule has 3 aromatic carbocycles. The summed E-state index contributed by atoms with van der Waals surface area (Å²) < 4.78 is 172. The number of anilines is 2. The van der Waals surface area contributed by atoms with Crippen molar-refractivity contribution in [2.75, 3.05) is 11.5 Å². The van der Waals surface area contributed by atoms with Crippen molar-refractivity contribution in [3.63, 3.8) is 0 Å². The molecule has 0 unspecified atom stereocenters. The normalized spacial score (nSPS) is 12.5. The largest absolute Gasteiger partial charge is 0.453 e. The van der Waals surface area contributed by atoms with Gasteiger partial charge in [0, 0.05) is 12.1 Å². The Morgan fingerprint density at radius 1 is 0.541 bits per heavy atom. The highest BCUT2D eigenvalue weighted by molar-refractivity contribution is 5.60. The van der Waals surface area contributed by atoms with Crippen molar-refractivity contribution in [1.82, 2.24) is 0 Å². The highest BCUT2D eigenvalue weighted by Crippen LogP contribution is 2.48. The van der Waals surface area contributed by atoms with Gasteiger partial charge in [0.2, 0.25) is 5.82 Å². The van der Waals surface area contributed by atoms with Gasteiger partial charge in [-0.3, -0.25) is 0 Å². The fourth-order valence-electron chi connectivity index (χ4n) is 3.14. The Morgan fingerprint density at radius 3 is 1.38 bits per heavy atom. The standard InChI is InChI=1S/C21H10F12N2O2/c22-7-3-10(34)15(20(28,29)30)13(5-7)36-12-2-1-9(19(25,26)27)18(17(12)24)37-14-6-8(23)4-11(35)16(14)21(31,32)33/h1-6H,34-35H2. The smallest absolute Gasteiger partial charge is 0.421 e. The maximum atomic E-state index is 15.1. The number of alkyl halides is 9. The van der Waals surface area contributed by atoms with Crippen LogP contribution < -0.4 is 20.9 Å². The zero-order chi connectivity index (χ0) is 28.1. The number of halogens is 12. The minimum atomic E-state index is -5.49. The molecule has 0 aliphatic carbocycles. The molecule has 0 saturated carbocycles. The molecular formula is C21H10F12N2O2. The van der Waals surface area contributed by atoms with E-state index in [1.165, 1.54) is 0 Å². The maximum absolute atomic E-state index is 15.1. The summed E-state index contributed by atoms with van der Waals surface area (Å²) in [6, 6.07) is 0.618. The lowest BCUT2D eigenvalue weighted by Crippen LogP contribution is -2.14. The van der Waals surface area contributed by atoms with Crippen LogP contribution in [0, 0.1) is 17.5 Å². The van der Waals surface area contributed by atoms with Crippen molar-refractivity contribution < 1.29 is 62.2 Å². The zero-order valence-electron chi connectivity index (χ0n) is 17.5. The predicted molar refractivity (Wildman–Crippen MR) is 103 cm³/mol. The van der Waals surface area contributed by atoms with Gasteiger partial charge in [0.05, 0.1) is 11.4 Å². The summed E-state index contributed by atoms with van der Waals surface area (Å²) in [4.78, 5) is 0. The van der Waals surface area contributed by atoms with Gasteiger partial charge in [0.15, 0.2) is 11.5 Å². The molecule has 0 heterocycles. The van der Waals surface area contributed by atoms with Crippen LogP contribution in [0.2, 0.25) is 0 Å². The van der Waals surface area contributed by atoms with E-state index in [4.69, 9.17) is 11.5 Å². The molecule has 0 aromatic heterocycles. The number of hydrogen-bond acceptors (Lipinski definition) is 4. The molecule has 200 valence electrons. The summed E-state index contributed by atoms with van der Waals surface area (Å²) in [5, 5.41) is 0. The summed E-state index contributed by atoms with van der Waals surface area (Å²) in [5.41, 5.74) is 1.85. The van der Waals surface area contributed by atoms with Crippen molar-refractivity contribution in [2.24, 2.45) is 0 Å². The molecule has 0 fully saturated rings. The molecule has 3 aromatic rings. The van der Waals surface area contributed by atoms with Crippen molar-refractivity contribution >= 4 is 11.4 Å². The molecule has 0 atom stereocenters. The predicted octanol–water partition coefficient (Wildman–Crippen LogP) is 7.91. The number of benzene rings is 3. The molecular weight excluding hydrogens is 540 g/mol. The van der Waals surface area contributed by atoms with E-state index < -0.39 is 87.0 Å². The van der Waals surface area contributed by atoms with Crippen LogP contribution in [0.15, 0.2) is 36.4 Å². The van der Waals surface area contributed by atoms with E-state index in [2.05, 4.69) is 9.47 Å². The van der Waals surface area contributed by atoms with Gasteiger partial charge in [-0.05, 0) is 24.3 Å². The third-order valence-corrected chi connectivity index (χ3v) is 4.56. The van der Waals surface area contributed by atoms with Gasteiger partial charge in [-0.1, -0.05) is 0 Å². The molecule has 0 bridgehead atoms. The van der Waals surface area contributed by atoms with Gasteiger partial charge < -0.3 is 20.9 Å². The third-order valence-electron chi connectivity index (χ3n) is 4.56. The molecule has 4 nitrogen and oxygen atoms in total. The van der Waals surface area contributed by atoms with Crippen LogP contribution in [-0.4, -0.2) is 0 Å². The molecule has 0 aliphatic rings. The highest BCUT2D eigenvalue weighted by Gasteiger charge is 2.42. The first kappa shape index (κ1) is 27.6. The summed E-state index contributed by atoms with van der Waals surface area (Å²) in [6.45, 7) is 0. The Labute approximate surface area is 198 Å². The topological polar surface area (TPSA) is 70.5 Å². The average molecular weight is 550 g/mol. The minimum absolute atomic E-state index is 0.000418. The van der Waals surface area contributed by atoms with Gasteiger partial charge in [-0.15, -0.1) is 0 Å². The molecule has 0 spiro atoms. The van der Waals surface area contributed by atoms with E-state index in [1.807, 2.05) is 0 Å². The molecule has 37 heavy (non-hydrogen) atoms. The van der Waals surface area contributed by atoms with Gasteiger partial charge in [-0.25, -0.2) is 8.78 Å². The van der Waals surface area contributed by atoms with Crippen molar-refractivity contribution in [3.05, 3.63) is 70.5 Å². The quantitative estimate of drug-likeness (QED) is 0.256. The monoisotopic (exact) mass is 550 g/mol. The summed E-state index contributed by atoms with van der Waals surface area (Å²) in [6.07, 6.45) is -16.2. The van der Waals surface area contributed by atoms with Gasteiger partial charge in [-0.2, -0.15) is 43.9 Å². The fourth-order valence-corrected chi connectivity index (χ4v) is 3.14. The lowest BCUT2D eigenvalue weighted by atomic mass is 10.1. The van der Waals surface area contributed by atoms with Crippen molar-refractivity contribution in [1.29, 1.82) is 0 Å². The van der Waals surface area contributed by atoms with Crippen LogP contribution in [0.25, 0.3) is 0 Å². The SMILES string of the molecule is Nc1cc(F)cc(Oc2ccc(C(F)(F)F)c(Oc3cc(F)cc(N)c3C(F)(F)F)c2F)c1C(F)(F)F. The Hall–Kier alpha value is -3.98. The zero-order valence-corrected chi connectivity index (χ0v) is 17.5. The van der Waals surface area contributed by atoms with Gasteiger partial charge >= 0.3 is 18.5 Å². The van der Waals surface area contributed by atoms with Gasteiger partial charge in [0.1, 0.15) is 39.8 Å². The summed E-state index contributed by atoms with van der Waals surface area (Å²) >= 11 is 0. The summed E-state index contributed by atoms with van der Waals surface area (Å²) in [7, 11) is 0. The number of hydrogen-bond donors (Lipinski definition) is 2. The van der Waals surface area contributed by atoms with E-state index >= 15 is 4.39 Å². The first-order chi connectivity index (χ1) is 16.8. The van der Waals surface area contributed by atoms with Crippen LogP contribution >= 0.6 is 0 Å². The maximum Gasteiger partial charge on any atom is 0.421 e. The molecule has 0 radical (unpaired) electrons. The number of nitrogen functional groups attached to an aromatic ring is 2. The van der Waals surface area contributed by atoms with E-state index in [0.29, 0.717) is 0 Å². The molecule has 0 saturated heterocycles. The molecule has 16 heteroatoms. The second-order valence-corrected chi connectivity index (χ2v) is 7.19. The molecule has 0 aliphatic heterocycles. The Bertz CT molecular complexity index is 1350. The second-order valence-electron chi connectivity index (χ2n) is 7.19. The van der Waals surface area contributed by atoms with Crippen LogP contribution in [0.3, 0.4) is 0 Å². The Kier molecular flexibility index (Phi) is 6.83. The van der Waals surface area contributed by atoms with E-state index in [9.17, 15) is 48.3 Å². The molecule has 4 N–H and O–H groups in total. The highest BCUT2D eigenvalue weighted by atomic mass is 19.4. The molecule has 0 amide bonds. The van der Waals surface area contributed by atoms with E-state index in [-0.39, 0.29) is 36.4 Å². The second kappa shape index (κ2) is 9.15. The van der Waals surface area contributed by atoms with E-state index in [1.54, 1.807) is 0 Å². The van der Waals surface area contributed by atoms with Crippen molar-refractivity contribution in [3.8, 4) is 23.0 Å². The first-order valence-corrected chi connectivity index (χ1v) is 9.38. The van der Waals surface area contributed by atoms with Crippen LogP contribution in [0.1, 0.15) is 16.7 Å². The van der Waals surface area contributed by atoms with Gasteiger partial charge in [0.25, 0.3) is 0 Å². The lowest BCUT2D eigenvalue weighted by Gasteiger charge is -2.21. The Balaban J connectivity index is 2.24. The fraction of sp³-hybridized carbons (Fsp3) is 0.143. The van der Waals surface area contributed by atoms with Crippen molar-refractivity contribution in [2.45, 2.75) is 18.5 Å². The van der Waals surface area contributed by atoms with Crippen LogP contribution in [-0.2, 0) is 18.5 Å². The van der Waals surface area contributed by atoms with Crippen LogP contribution in [0.4, 0.5) is 64.1 Å². The average Bonchev–Trinajstić information content (AvgIpc) is 2.66. The number of nitrogens with two attached hydrogens (primary N) is 2. The Morgan fingerprint density at radius 2 is 0.973 bits per heavy atom. The summed E-state index contributed by atoms with van der Waals surface area (Å²) in [5.74, 6) is -11.9. The van der Waals surface area contributed by atoms with Crippen LogP contribution in [0.5, 0.6) is 23.0 Å². The molecule has 3 rings (SSSR count). The first-order valence-electron chi connectivity index (χ1n) is 9.38. The number of rotatable bonds is 4.